The van der Waals surface area contributed by atoms with Gasteiger partial charge in [0, 0.05) is 12.7 Å². The molecule has 2 aromatic rings. The smallest absolute Gasteiger partial charge is 0.134 e. The van der Waals surface area contributed by atoms with Crippen LogP contribution in [0, 0.1) is 12.7 Å². The van der Waals surface area contributed by atoms with Gasteiger partial charge in [-0.05, 0) is 30.5 Å². The molecule has 0 atom stereocenters. The lowest BCUT2D eigenvalue weighted by atomic mass is 9.96. The first kappa shape index (κ1) is 13.1. The predicted octanol–water partition coefficient (Wildman–Crippen LogP) is 4.50. The molecule has 0 aliphatic carbocycles. The molecule has 0 aliphatic heterocycles. The van der Waals surface area contributed by atoms with E-state index in [9.17, 15) is 4.39 Å². The van der Waals surface area contributed by atoms with Gasteiger partial charge in [0.2, 0.25) is 0 Å². The lowest BCUT2D eigenvalue weighted by Gasteiger charge is -2.18. The molecule has 0 fully saturated rings. The zero-order valence-electron chi connectivity index (χ0n) is 10.9. The van der Waals surface area contributed by atoms with E-state index in [0.717, 1.165) is 16.9 Å². The van der Waals surface area contributed by atoms with E-state index in [1.165, 1.54) is 6.07 Å². The van der Waals surface area contributed by atoms with Crippen molar-refractivity contribution >= 4 is 28.2 Å². The Morgan fingerprint density at radius 2 is 2.00 bits per heavy atom. The molecule has 0 saturated carbocycles. The van der Waals surface area contributed by atoms with E-state index in [2.05, 4.69) is 24.1 Å². The van der Waals surface area contributed by atoms with E-state index in [1.807, 2.05) is 6.92 Å². The Morgan fingerprint density at radius 3 is 2.56 bits per heavy atom. The van der Waals surface area contributed by atoms with Gasteiger partial charge in [0.1, 0.15) is 5.82 Å². The number of nitrogens with one attached hydrogen (secondary N) is 1. The number of benzene rings is 1. The summed E-state index contributed by atoms with van der Waals surface area (Å²) < 4.78 is 14.1. The van der Waals surface area contributed by atoms with Crippen LogP contribution in [0.25, 0.3) is 10.9 Å². The molecule has 96 valence electrons. The second-order valence-corrected chi connectivity index (χ2v) is 5.05. The van der Waals surface area contributed by atoms with E-state index in [4.69, 9.17) is 11.6 Å². The summed E-state index contributed by atoms with van der Waals surface area (Å²) in [6.45, 7) is 6.06. The van der Waals surface area contributed by atoms with Crippen LogP contribution in [0.15, 0.2) is 12.1 Å². The third-order valence-electron chi connectivity index (χ3n) is 3.09. The van der Waals surface area contributed by atoms with Crippen molar-refractivity contribution in [2.45, 2.75) is 26.7 Å². The average molecular weight is 267 g/mol. The molecular weight excluding hydrogens is 251 g/mol. The quantitative estimate of drug-likeness (QED) is 0.866. The third-order valence-corrected chi connectivity index (χ3v) is 3.40. The summed E-state index contributed by atoms with van der Waals surface area (Å²) in [6, 6.07) is 2.92. The van der Waals surface area contributed by atoms with E-state index >= 15 is 0 Å². The fraction of sp³-hybridized carbons (Fsp3) is 0.357. The molecule has 0 bridgehead atoms. The third kappa shape index (κ3) is 1.93. The Bertz CT molecular complexity index is 609. The molecule has 1 N–H and O–H groups in total. The second kappa shape index (κ2) is 4.73. The number of nitrogens with zero attached hydrogens (tertiary/aromatic N) is 1. The first-order chi connectivity index (χ1) is 8.47. The van der Waals surface area contributed by atoms with E-state index in [0.29, 0.717) is 15.9 Å². The molecule has 1 heterocycles. The average Bonchev–Trinajstić information content (AvgIpc) is 2.32. The molecule has 2 rings (SSSR count). The van der Waals surface area contributed by atoms with Gasteiger partial charge >= 0.3 is 0 Å². The number of aromatic nitrogens is 1. The molecule has 0 spiro atoms. The molecule has 4 heteroatoms. The lowest BCUT2D eigenvalue weighted by molar-refractivity contribution is 0.639. The minimum absolute atomic E-state index is 0.266. The number of pyridine rings is 1. The summed E-state index contributed by atoms with van der Waals surface area (Å²) in [5.41, 5.74) is 3.22. The van der Waals surface area contributed by atoms with Crippen LogP contribution in [0.5, 0.6) is 0 Å². The zero-order chi connectivity index (χ0) is 13.4. The molecule has 0 amide bonds. The van der Waals surface area contributed by atoms with Crippen LogP contribution < -0.4 is 5.32 Å². The highest BCUT2D eigenvalue weighted by molar-refractivity contribution is 6.35. The van der Waals surface area contributed by atoms with Crippen LogP contribution in [-0.2, 0) is 0 Å². The predicted molar refractivity (Wildman–Crippen MR) is 75.1 cm³/mol. The molecule has 0 aliphatic rings. The summed E-state index contributed by atoms with van der Waals surface area (Å²) in [4.78, 5) is 4.45. The Kier molecular flexibility index (Phi) is 3.44. The van der Waals surface area contributed by atoms with Gasteiger partial charge in [-0.25, -0.2) is 4.39 Å². The topological polar surface area (TPSA) is 24.9 Å². The number of rotatable bonds is 2. The van der Waals surface area contributed by atoms with Gasteiger partial charge < -0.3 is 5.32 Å². The van der Waals surface area contributed by atoms with Crippen molar-refractivity contribution in [3.8, 4) is 0 Å². The van der Waals surface area contributed by atoms with Crippen molar-refractivity contribution in [3.05, 3.63) is 34.2 Å². The van der Waals surface area contributed by atoms with Gasteiger partial charge in [-0.1, -0.05) is 25.4 Å². The maximum atomic E-state index is 14.1. The SMILES string of the molecule is CNc1c(C(C)C)c(C)nc2c(Cl)ccc(F)c12. The van der Waals surface area contributed by atoms with Gasteiger partial charge in [-0.3, -0.25) is 4.98 Å². The first-order valence-corrected chi connectivity index (χ1v) is 6.31. The van der Waals surface area contributed by atoms with Crippen molar-refractivity contribution < 1.29 is 4.39 Å². The summed E-state index contributed by atoms with van der Waals surface area (Å²) >= 11 is 6.10. The van der Waals surface area contributed by atoms with E-state index < -0.39 is 0 Å². The van der Waals surface area contributed by atoms with Crippen LogP contribution in [-0.4, -0.2) is 12.0 Å². The van der Waals surface area contributed by atoms with Gasteiger partial charge in [0.15, 0.2) is 0 Å². The molecule has 1 aromatic carbocycles. The van der Waals surface area contributed by atoms with Crippen LogP contribution >= 0.6 is 11.6 Å². The van der Waals surface area contributed by atoms with Crippen LogP contribution in [0.3, 0.4) is 0 Å². The Hall–Kier alpha value is -1.35. The largest absolute Gasteiger partial charge is 0.387 e. The number of hydrogen-bond acceptors (Lipinski definition) is 2. The first-order valence-electron chi connectivity index (χ1n) is 5.93. The summed E-state index contributed by atoms with van der Waals surface area (Å²) in [7, 11) is 1.79. The molecule has 0 saturated heterocycles. The maximum Gasteiger partial charge on any atom is 0.134 e. The van der Waals surface area contributed by atoms with E-state index in [1.54, 1.807) is 13.1 Å². The van der Waals surface area contributed by atoms with Crippen molar-refractivity contribution in [1.29, 1.82) is 0 Å². The normalized spacial score (nSPS) is 11.3. The van der Waals surface area contributed by atoms with Crippen molar-refractivity contribution in [3.63, 3.8) is 0 Å². The number of anilines is 1. The highest BCUT2D eigenvalue weighted by atomic mass is 35.5. The van der Waals surface area contributed by atoms with Gasteiger partial charge in [0.25, 0.3) is 0 Å². The highest BCUT2D eigenvalue weighted by Crippen LogP contribution is 2.37. The van der Waals surface area contributed by atoms with Gasteiger partial charge in [-0.2, -0.15) is 0 Å². The molecule has 18 heavy (non-hydrogen) atoms. The van der Waals surface area contributed by atoms with Crippen molar-refractivity contribution in [1.82, 2.24) is 4.98 Å². The second-order valence-electron chi connectivity index (χ2n) is 4.64. The molecular formula is C14H16ClFN2. The van der Waals surface area contributed by atoms with Gasteiger partial charge in [-0.15, -0.1) is 0 Å². The number of aryl methyl sites for hydroxylation is 1. The monoisotopic (exact) mass is 266 g/mol. The lowest BCUT2D eigenvalue weighted by Crippen LogP contribution is -2.05. The van der Waals surface area contributed by atoms with Crippen LogP contribution in [0.4, 0.5) is 10.1 Å². The van der Waals surface area contributed by atoms with Crippen LogP contribution in [0.1, 0.15) is 31.0 Å². The summed E-state index contributed by atoms with van der Waals surface area (Å²) in [6.07, 6.45) is 0. The van der Waals surface area contributed by atoms with Crippen LogP contribution in [0.2, 0.25) is 5.02 Å². The Morgan fingerprint density at radius 1 is 1.33 bits per heavy atom. The fourth-order valence-electron chi connectivity index (χ4n) is 2.40. The fourth-order valence-corrected chi connectivity index (χ4v) is 2.60. The number of hydrogen-bond donors (Lipinski definition) is 1. The highest BCUT2D eigenvalue weighted by Gasteiger charge is 2.18. The minimum atomic E-state index is -0.298. The standard InChI is InChI=1S/C14H16ClFN2/c1-7(2)11-8(3)18-13-9(15)5-6-10(16)12(13)14(11)17-4/h5-7H,1-4H3,(H,17,18). The maximum absolute atomic E-state index is 14.1. The molecule has 2 nitrogen and oxygen atoms in total. The number of halogens is 2. The summed E-state index contributed by atoms with van der Waals surface area (Å²) in [5.74, 6) is -0.0316. The zero-order valence-corrected chi connectivity index (χ0v) is 11.7. The molecule has 0 unspecified atom stereocenters. The molecule has 0 radical (unpaired) electrons. The Balaban J connectivity index is 2.99. The summed E-state index contributed by atoms with van der Waals surface area (Å²) in [5, 5.41) is 4.04. The number of fused-ring (bicyclic) bond motifs is 1. The van der Waals surface area contributed by atoms with E-state index in [-0.39, 0.29) is 11.7 Å². The van der Waals surface area contributed by atoms with Crippen molar-refractivity contribution in [2.75, 3.05) is 12.4 Å². The van der Waals surface area contributed by atoms with Gasteiger partial charge in [0.05, 0.1) is 21.6 Å². The molecule has 1 aromatic heterocycles. The van der Waals surface area contributed by atoms with Crippen molar-refractivity contribution in [2.24, 2.45) is 0 Å². The Labute approximate surface area is 111 Å². The minimum Gasteiger partial charge on any atom is -0.387 e.